The van der Waals surface area contributed by atoms with E-state index in [0.717, 1.165) is 0 Å². The monoisotopic (exact) mass is 251 g/mol. The van der Waals surface area contributed by atoms with Crippen molar-refractivity contribution in [2.45, 2.75) is 52.2 Å². The molecule has 0 rings (SSSR count). The summed E-state index contributed by atoms with van der Waals surface area (Å²) >= 11 is 0. The van der Waals surface area contributed by atoms with Crippen LogP contribution in [0.15, 0.2) is 0 Å². The Labute approximate surface area is 99.4 Å². The van der Waals surface area contributed by atoms with Crippen molar-refractivity contribution < 1.29 is 13.5 Å². The molecule has 0 aliphatic rings. The number of hydrogen-bond donors (Lipinski definition) is 2. The lowest BCUT2D eigenvalue weighted by atomic mass is 10.1. The van der Waals surface area contributed by atoms with E-state index in [1.165, 1.54) is 0 Å². The molecule has 16 heavy (non-hydrogen) atoms. The molecule has 0 aromatic rings. The molecule has 0 amide bonds. The Bertz CT molecular complexity index is 280. The van der Waals surface area contributed by atoms with E-state index < -0.39 is 15.9 Å². The van der Waals surface area contributed by atoms with Gasteiger partial charge < -0.3 is 10.4 Å². The molecule has 0 fully saturated rings. The Morgan fingerprint density at radius 1 is 1.25 bits per heavy atom. The van der Waals surface area contributed by atoms with Crippen molar-refractivity contribution in [3.05, 3.63) is 0 Å². The highest BCUT2D eigenvalue weighted by Gasteiger charge is 2.15. The molecular weight excluding hydrogens is 226 g/mol. The van der Waals surface area contributed by atoms with Crippen LogP contribution in [-0.2, 0) is 9.84 Å². The molecule has 0 saturated carbocycles. The van der Waals surface area contributed by atoms with Crippen LogP contribution >= 0.6 is 0 Å². The van der Waals surface area contributed by atoms with Gasteiger partial charge in [0.2, 0.25) is 0 Å². The minimum absolute atomic E-state index is 0.0523. The van der Waals surface area contributed by atoms with Gasteiger partial charge >= 0.3 is 0 Å². The van der Waals surface area contributed by atoms with Crippen molar-refractivity contribution in [1.82, 2.24) is 5.32 Å². The maximum Gasteiger partial charge on any atom is 0.150 e. The molecule has 98 valence electrons. The maximum absolute atomic E-state index is 11.4. The van der Waals surface area contributed by atoms with Gasteiger partial charge in [-0.2, -0.15) is 0 Å². The summed E-state index contributed by atoms with van der Waals surface area (Å²) in [6.45, 7) is 8.30. The number of sulfone groups is 1. The minimum Gasteiger partial charge on any atom is -0.392 e. The summed E-state index contributed by atoms with van der Waals surface area (Å²) < 4.78 is 22.8. The molecule has 0 saturated heterocycles. The SMILES string of the molecule is CCCS(=O)(=O)CCC(O)CNC(C)(C)C. The van der Waals surface area contributed by atoms with Gasteiger partial charge in [-0.05, 0) is 33.6 Å². The summed E-state index contributed by atoms with van der Waals surface area (Å²) in [5.74, 6) is 0.292. The molecular formula is C11H25NO3S. The van der Waals surface area contributed by atoms with E-state index in [2.05, 4.69) is 5.32 Å². The zero-order valence-electron chi connectivity index (χ0n) is 10.8. The van der Waals surface area contributed by atoms with E-state index in [4.69, 9.17) is 0 Å². The van der Waals surface area contributed by atoms with Gasteiger partial charge in [-0.25, -0.2) is 8.42 Å². The lowest BCUT2D eigenvalue weighted by molar-refractivity contribution is 0.157. The summed E-state index contributed by atoms with van der Waals surface area (Å²) in [6.07, 6.45) is 0.357. The first kappa shape index (κ1) is 15.9. The van der Waals surface area contributed by atoms with Gasteiger partial charge in [-0.3, -0.25) is 0 Å². The van der Waals surface area contributed by atoms with Crippen LogP contribution in [0, 0.1) is 0 Å². The van der Waals surface area contributed by atoms with Crippen LogP contribution in [0.4, 0.5) is 0 Å². The van der Waals surface area contributed by atoms with Crippen LogP contribution < -0.4 is 5.32 Å². The van der Waals surface area contributed by atoms with Crippen molar-refractivity contribution >= 4 is 9.84 Å². The maximum atomic E-state index is 11.4. The van der Waals surface area contributed by atoms with Crippen molar-refractivity contribution in [2.24, 2.45) is 0 Å². The normalized spacial score (nSPS) is 15.1. The fourth-order valence-corrected chi connectivity index (χ4v) is 2.71. The largest absolute Gasteiger partial charge is 0.392 e. The van der Waals surface area contributed by atoms with E-state index >= 15 is 0 Å². The molecule has 0 aromatic heterocycles. The van der Waals surface area contributed by atoms with E-state index in [9.17, 15) is 13.5 Å². The molecule has 0 aliphatic carbocycles. The van der Waals surface area contributed by atoms with Crippen molar-refractivity contribution in [3.63, 3.8) is 0 Å². The highest BCUT2D eigenvalue weighted by molar-refractivity contribution is 7.91. The van der Waals surface area contributed by atoms with Crippen LogP contribution in [0.5, 0.6) is 0 Å². The van der Waals surface area contributed by atoms with Crippen molar-refractivity contribution in [3.8, 4) is 0 Å². The van der Waals surface area contributed by atoms with Gasteiger partial charge in [0.1, 0.15) is 9.84 Å². The molecule has 2 N–H and O–H groups in total. The Kier molecular flexibility index (Phi) is 6.51. The van der Waals surface area contributed by atoms with Crippen LogP contribution in [0.25, 0.3) is 0 Å². The van der Waals surface area contributed by atoms with Gasteiger partial charge in [0, 0.05) is 17.8 Å². The molecule has 5 heteroatoms. The third-order valence-corrected chi connectivity index (χ3v) is 4.03. The predicted octanol–water partition coefficient (Wildman–Crippen LogP) is 0.950. The quantitative estimate of drug-likeness (QED) is 0.707. The average molecular weight is 251 g/mol. The standard InChI is InChI=1S/C11H25NO3S/c1-5-7-16(14,15)8-6-10(13)9-12-11(2,3)4/h10,12-13H,5-9H2,1-4H3. The summed E-state index contributed by atoms with van der Waals surface area (Å²) in [5.41, 5.74) is -0.0523. The zero-order valence-corrected chi connectivity index (χ0v) is 11.6. The number of hydrogen-bond acceptors (Lipinski definition) is 4. The Morgan fingerprint density at radius 3 is 2.25 bits per heavy atom. The highest BCUT2D eigenvalue weighted by Crippen LogP contribution is 2.03. The van der Waals surface area contributed by atoms with Crippen LogP contribution in [0.2, 0.25) is 0 Å². The Morgan fingerprint density at radius 2 is 1.81 bits per heavy atom. The first-order chi connectivity index (χ1) is 7.16. The topological polar surface area (TPSA) is 66.4 Å². The zero-order chi connectivity index (χ0) is 12.8. The molecule has 0 aromatic carbocycles. The third-order valence-electron chi connectivity index (χ3n) is 2.15. The first-order valence-corrected chi connectivity index (χ1v) is 7.62. The van der Waals surface area contributed by atoms with Crippen molar-refractivity contribution in [1.29, 1.82) is 0 Å². The molecule has 0 spiro atoms. The number of nitrogens with one attached hydrogen (secondary N) is 1. The number of aliphatic hydroxyl groups is 1. The van der Waals surface area contributed by atoms with Gasteiger partial charge in [0.15, 0.2) is 0 Å². The third kappa shape index (κ3) is 9.12. The van der Waals surface area contributed by atoms with Crippen LogP contribution in [0.1, 0.15) is 40.5 Å². The molecule has 0 bridgehead atoms. The Hall–Kier alpha value is -0.130. The molecule has 0 heterocycles. The second kappa shape index (κ2) is 6.57. The summed E-state index contributed by atoms with van der Waals surface area (Å²) in [6, 6.07) is 0. The van der Waals surface area contributed by atoms with E-state index in [1.54, 1.807) is 0 Å². The average Bonchev–Trinajstić information content (AvgIpc) is 2.10. The van der Waals surface area contributed by atoms with E-state index in [-0.39, 0.29) is 17.0 Å². The predicted molar refractivity (Wildman–Crippen MR) is 67.3 cm³/mol. The second-order valence-corrected chi connectivity index (χ2v) is 7.53. The van der Waals surface area contributed by atoms with Gasteiger partial charge in [0.05, 0.1) is 11.9 Å². The number of rotatable bonds is 7. The highest BCUT2D eigenvalue weighted by atomic mass is 32.2. The van der Waals surface area contributed by atoms with Crippen molar-refractivity contribution in [2.75, 3.05) is 18.1 Å². The fourth-order valence-electron chi connectivity index (χ4n) is 1.25. The molecule has 0 radical (unpaired) electrons. The fraction of sp³-hybridized carbons (Fsp3) is 1.00. The summed E-state index contributed by atoms with van der Waals surface area (Å²) in [7, 11) is -2.97. The van der Waals surface area contributed by atoms with E-state index in [1.807, 2.05) is 27.7 Å². The summed E-state index contributed by atoms with van der Waals surface area (Å²) in [5, 5.41) is 12.8. The summed E-state index contributed by atoms with van der Waals surface area (Å²) in [4.78, 5) is 0. The van der Waals surface area contributed by atoms with Crippen LogP contribution in [0.3, 0.4) is 0 Å². The first-order valence-electron chi connectivity index (χ1n) is 5.80. The number of aliphatic hydroxyl groups excluding tert-OH is 1. The lowest BCUT2D eigenvalue weighted by Crippen LogP contribution is -2.41. The number of β-amino-alcohol motifs (C(OH)–C–C–N with tert-alkyl or cyclic N) is 1. The van der Waals surface area contributed by atoms with Gasteiger partial charge in [-0.1, -0.05) is 6.92 Å². The van der Waals surface area contributed by atoms with Gasteiger partial charge in [0.25, 0.3) is 0 Å². The van der Waals surface area contributed by atoms with E-state index in [0.29, 0.717) is 19.4 Å². The second-order valence-electron chi connectivity index (χ2n) is 5.23. The molecule has 1 atom stereocenters. The smallest absolute Gasteiger partial charge is 0.150 e. The molecule has 0 aliphatic heterocycles. The Balaban J connectivity index is 3.86. The van der Waals surface area contributed by atoms with Gasteiger partial charge in [-0.15, -0.1) is 0 Å². The molecule has 4 nitrogen and oxygen atoms in total. The minimum atomic E-state index is -2.97. The lowest BCUT2D eigenvalue weighted by Gasteiger charge is -2.22. The molecule has 1 unspecified atom stereocenters. The van der Waals surface area contributed by atoms with Crippen LogP contribution in [-0.4, -0.2) is 43.2 Å².